The van der Waals surface area contributed by atoms with Crippen molar-refractivity contribution in [3.63, 3.8) is 0 Å². The summed E-state index contributed by atoms with van der Waals surface area (Å²) in [6.07, 6.45) is 3.84. The lowest BCUT2D eigenvalue weighted by Crippen LogP contribution is -2.42. The molecule has 0 fully saturated rings. The fourth-order valence-electron chi connectivity index (χ4n) is 3.11. The van der Waals surface area contributed by atoms with Crippen molar-refractivity contribution in [1.29, 1.82) is 0 Å². The van der Waals surface area contributed by atoms with Crippen molar-refractivity contribution in [3.05, 3.63) is 65.9 Å². The van der Waals surface area contributed by atoms with Gasteiger partial charge in [-0.1, -0.05) is 37.3 Å². The average molecular weight is 377 g/mol. The number of fused-ring (bicyclic) bond motifs is 1. The highest BCUT2D eigenvalue weighted by atomic mass is 16.1. The monoisotopic (exact) mass is 377 g/mol. The Morgan fingerprint density at radius 1 is 1.11 bits per heavy atom. The number of amides is 1. The number of benzene rings is 2. The summed E-state index contributed by atoms with van der Waals surface area (Å²) in [6, 6.07) is 16.1. The Labute approximate surface area is 165 Å². The van der Waals surface area contributed by atoms with Crippen molar-refractivity contribution in [3.8, 4) is 0 Å². The first kappa shape index (κ1) is 19.5. The third-order valence-electron chi connectivity index (χ3n) is 4.62. The van der Waals surface area contributed by atoms with Crippen LogP contribution in [0, 0.1) is 0 Å². The van der Waals surface area contributed by atoms with Gasteiger partial charge in [-0.05, 0) is 42.2 Å². The lowest BCUT2D eigenvalue weighted by molar-refractivity contribution is -0.115. The van der Waals surface area contributed by atoms with Gasteiger partial charge < -0.3 is 20.9 Å². The molecule has 6 nitrogen and oxygen atoms in total. The smallest absolute Gasteiger partial charge is 0.243 e. The number of hydrogen-bond donors (Lipinski definition) is 4. The van der Waals surface area contributed by atoms with E-state index in [2.05, 4.69) is 45.0 Å². The summed E-state index contributed by atoms with van der Waals surface area (Å²) >= 11 is 0. The van der Waals surface area contributed by atoms with Crippen molar-refractivity contribution in [2.24, 2.45) is 4.99 Å². The van der Waals surface area contributed by atoms with Crippen LogP contribution in [0.1, 0.15) is 18.1 Å². The molecule has 0 radical (unpaired) electrons. The third-order valence-corrected chi connectivity index (χ3v) is 4.62. The minimum atomic E-state index is -0.104. The second-order valence-electron chi connectivity index (χ2n) is 6.56. The van der Waals surface area contributed by atoms with Crippen molar-refractivity contribution in [2.45, 2.75) is 19.8 Å². The Morgan fingerprint density at radius 3 is 2.79 bits per heavy atom. The van der Waals surface area contributed by atoms with Crippen LogP contribution in [-0.4, -0.2) is 37.0 Å². The molecule has 0 unspecified atom stereocenters. The molecule has 4 N–H and O–H groups in total. The number of aromatic amines is 1. The normalized spacial score (nSPS) is 11.4. The number of nitrogens with one attached hydrogen (secondary N) is 4. The van der Waals surface area contributed by atoms with Crippen LogP contribution in [0.25, 0.3) is 10.9 Å². The number of carbonyl (C=O) groups is 1. The number of aryl methyl sites for hydroxylation is 1. The van der Waals surface area contributed by atoms with Gasteiger partial charge in [-0.25, -0.2) is 0 Å². The number of para-hydroxylation sites is 1. The van der Waals surface area contributed by atoms with E-state index in [0.717, 1.165) is 30.6 Å². The molecule has 0 aliphatic heterocycles. The van der Waals surface area contributed by atoms with Crippen LogP contribution in [0.2, 0.25) is 0 Å². The summed E-state index contributed by atoms with van der Waals surface area (Å²) in [7, 11) is 1.70. The minimum absolute atomic E-state index is 0.104. The molecule has 2 aromatic carbocycles. The van der Waals surface area contributed by atoms with Gasteiger partial charge in [-0.2, -0.15) is 0 Å². The maximum absolute atomic E-state index is 12.2. The lowest BCUT2D eigenvalue weighted by atomic mass is 10.1. The van der Waals surface area contributed by atoms with Crippen molar-refractivity contribution in [2.75, 3.05) is 25.5 Å². The number of hydrogen-bond acceptors (Lipinski definition) is 2. The van der Waals surface area contributed by atoms with E-state index in [9.17, 15) is 4.79 Å². The van der Waals surface area contributed by atoms with E-state index in [0.29, 0.717) is 5.96 Å². The van der Waals surface area contributed by atoms with Gasteiger partial charge in [-0.15, -0.1) is 0 Å². The zero-order valence-electron chi connectivity index (χ0n) is 16.4. The van der Waals surface area contributed by atoms with Crippen molar-refractivity contribution >= 4 is 28.5 Å². The summed E-state index contributed by atoms with van der Waals surface area (Å²) in [4.78, 5) is 19.6. The molecular formula is C22H27N5O. The molecule has 0 spiro atoms. The second kappa shape index (κ2) is 9.60. The highest BCUT2D eigenvalue weighted by molar-refractivity contribution is 5.95. The number of H-pyrrole nitrogens is 1. The molecule has 0 aliphatic carbocycles. The predicted octanol–water partition coefficient (Wildman–Crippen LogP) is 3.08. The molecule has 1 aromatic heterocycles. The van der Waals surface area contributed by atoms with E-state index in [1.807, 2.05) is 42.6 Å². The molecule has 3 aromatic rings. The van der Waals surface area contributed by atoms with Crippen LogP contribution in [-0.2, 0) is 17.6 Å². The SMILES string of the molecule is CCc1cccc(NC(=O)CNC(=NC)NCCc2c[nH]c3ccccc23)c1. The minimum Gasteiger partial charge on any atom is -0.361 e. The van der Waals surface area contributed by atoms with E-state index in [1.54, 1.807) is 7.05 Å². The Bertz CT molecular complexity index is 960. The second-order valence-corrected chi connectivity index (χ2v) is 6.56. The van der Waals surface area contributed by atoms with Crippen LogP contribution in [0.15, 0.2) is 59.7 Å². The molecular weight excluding hydrogens is 350 g/mol. The van der Waals surface area contributed by atoms with Gasteiger partial charge in [0.15, 0.2) is 5.96 Å². The van der Waals surface area contributed by atoms with E-state index < -0.39 is 0 Å². The molecule has 0 saturated heterocycles. The summed E-state index contributed by atoms with van der Waals surface area (Å²) in [5.74, 6) is 0.505. The molecule has 146 valence electrons. The van der Waals surface area contributed by atoms with Crippen molar-refractivity contribution in [1.82, 2.24) is 15.6 Å². The fraction of sp³-hybridized carbons (Fsp3) is 0.273. The quantitative estimate of drug-likeness (QED) is 0.377. The van der Waals surface area contributed by atoms with Gasteiger partial charge in [0.1, 0.15) is 0 Å². The Hall–Kier alpha value is -3.28. The molecule has 0 saturated carbocycles. The standard InChI is InChI=1S/C22H27N5O/c1-3-16-7-6-8-18(13-16)27-21(28)15-26-22(23-2)24-12-11-17-14-25-20-10-5-4-9-19(17)20/h4-10,13-14,25H,3,11-12,15H2,1-2H3,(H,27,28)(H2,23,24,26). The maximum atomic E-state index is 12.2. The largest absolute Gasteiger partial charge is 0.361 e. The average Bonchev–Trinajstić information content (AvgIpc) is 3.14. The molecule has 0 atom stereocenters. The molecule has 6 heteroatoms. The van der Waals surface area contributed by atoms with Gasteiger partial charge in [0.25, 0.3) is 0 Å². The lowest BCUT2D eigenvalue weighted by Gasteiger charge is -2.12. The van der Waals surface area contributed by atoms with Crippen molar-refractivity contribution < 1.29 is 4.79 Å². The van der Waals surface area contributed by atoms with Gasteiger partial charge in [-0.3, -0.25) is 9.79 Å². The Morgan fingerprint density at radius 2 is 1.96 bits per heavy atom. The topological polar surface area (TPSA) is 81.3 Å². The van der Waals surface area contributed by atoms with E-state index in [4.69, 9.17) is 0 Å². The number of rotatable bonds is 7. The summed E-state index contributed by atoms with van der Waals surface area (Å²) < 4.78 is 0. The molecule has 0 aliphatic rings. The highest BCUT2D eigenvalue weighted by Crippen LogP contribution is 2.17. The van der Waals surface area contributed by atoms with Crippen LogP contribution in [0.3, 0.4) is 0 Å². The number of carbonyl (C=O) groups excluding carboxylic acids is 1. The summed E-state index contributed by atoms with van der Waals surface area (Å²) in [5.41, 5.74) is 4.41. The molecule has 1 amide bonds. The molecule has 0 bridgehead atoms. The summed E-state index contributed by atoms with van der Waals surface area (Å²) in [5, 5.41) is 10.5. The maximum Gasteiger partial charge on any atom is 0.243 e. The van der Waals surface area contributed by atoms with Crippen LogP contribution >= 0.6 is 0 Å². The molecule has 1 heterocycles. The Balaban J connectivity index is 1.44. The number of anilines is 1. The van der Waals surface area contributed by atoms with Crippen LogP contribution in [0.4, 0.5) is 5.69 Å². The first-order chi connectivity index (χ1) is 13.7. The molecule has 3 rings (SSSR count). The first-order valence-corrected chi connectivity index (χ1v) is 9.58. The third kappa shape index (κ3) is 5.13. The zero-order valence-corrected chi connectivity index (χ0v) is 16.4. The van der Waals surface area contributed by atoms with Gasteiger partial charge in [0, 0.05) is 36.4 Å². The zero-order chi connectivity index (χ0) is 19.8. The van der Waals surface area contributed by atoms with Crippen LogP contribution < -0.4 is 16.0 Å². The fourth-order valence-corrected chi connectivity index (χ4v) is 3.11. The highest BCUT2D eigenvalue weighted by Gasteiger charge is 2.06. The molecule has 28 heavy (non-hydrogen) atoms. The number of guanidine groups is 1. The number of nitrogens with zero attached hydrogens (tertiary/aromatic N) is 1. The summed E-state index contributed by atoms with van der Waals surface area (Å²) in [6.45, 7) is 2.97. The van der Waals surface area contributed by atoms with Gasteiger partial charge in [0.2, 0.25) is 5.91 Å². The van der Waals surface area contributed by atoms with Crippen LogP contribution in [0.5, 0.6) is 0 Å². The van der Waals surface area contributed by atoms with E-state index in [1.165, 1.54) is 16.5 Å². The number of aliphatic imine (C=N–C) groups is 1. The first-order valence-electron chi connectivity index (χ1n) is 9.58. The predicted molar refractivity (Wildman–Crippen MR) is 116 cm³/mol. The van der Waals surface area contributed by atoms with Gasteiger partial charge >= 0.3 is 0 Å². The number of aromatic nitrogens is 1. The Kier molecular flexibility index (Phi) is 6.68. The van der Waals surface area contributed by atoms with E-state index >= 15 is 0 Å². The van der Waals surface area contributed by atoms with Gasteiger partial charge in [0.05, 0.1) is 6.54 Å². The van der Waals surface area contributed by atoms with E-state index in [-0.39, 0.29) is 12.5 Å².